The quantitative estimate of drug-likeness (QED) is 0.671. The second-order valence-electron chi connectivity index (χ2n) is 5.83. The van der Waals surface area contributed by atoms with E-state index in [1.165, 1.54) is 0 Å². The lowest BCUT2D eigenvalue weighted by Crippen LogP contribution is -2.24. The summed E-state index contributed by atoms with van der Waals surface area (Å²) >= 11 is 12.7. The Morgan fingerprint density at radius 3 is 2.56 bits per heavy atom. The van der Waals surface area contributed by atoms with Crippen LogP contribution in [0, 0.1) is 0 Å². The number of para-hydroxylation sites is 2. The number of imidazole rings is 1. The molecule has 0 unspecified atom stereocenters. The average molecular weight is 376 g/mol. The van der Waals surface area contributed by atoms with Gasteiger partial charge >= 0.3 is 0 Å². The van der Waals surface area contributed by atoms with E-state index < -0.39 is 0 Å². The molecule has 6 heteroatoms. The summed E-state index contributed by atoms with van der Waals surface area (Å²) in [6, 6.07) is 13.3. The van der Waals surface area contributed by atoms with Crippen molar-refractivity contribution in [2.75, 3.05) is 0 Å². The van der Waals surface area contributed by atoms with Crippen molar-refractivity contribution < 1.29 is 4.79 Å². The van der Waals surface area contributed by atoms with Gasteiger partial charge in [-0.3, -0.25) is 4.79 Å². The number of halogens is 2. The van der Waals surface area contributed by atoms with Crippen LogP contribution in [-0.4, -0.2) is 15.5 Å². The molecule has 0 aliphatic carbocycles. The van der Waals surface area contributed by atoms with E-state index in [0.29, 0.717) is 29.6 Å². The first kappa shape index (κ1) is 17.8. The van der Waals surface area contributed by atoms with Crippen molar-refractivity contribution in [1.82, 2.24) is 14.9 Å². The van der Waals surface area contributed by atoms with Crippen molar-refractivity contribution in [3.8, 4) is 0 Å². The third-order valence-corrected chi connectivity index (χ3v) is 4.74. The van der Waals surface area contributed by atoms with Crippen LogP contribution in [0.3, 0.4) is 0 Å². The van der Waals surface area contributed by atoms with Crippen molar-refractivity contribution >= 4 is 40.1 Å². The number of benzene rings is 2. The molecular weight excluding hydrogens is 357 g/mol. The summed E-state index contributed by atoms with van der Waals surface area (Å²) < 4.78 is 2.05. The van der Waals surface area contributed by atoms with Crippen molar-refractivity contribution in [2.24, 2.45) is 0 Å². The van der Waals surface area contributed by atoms with Crippen LogP contribution < -0.4 is 5.32 Å². The van der Waals surface area contributed by atoms with Gasteiger partial charge in [0.05, 0.1) is 24.1 Å². The van der Waals surface area contributed by atoms with E-state index in [-0.39, 0.29) is 5.91 Å². The molecule has 0 saturated heterocycles. The lowest BCUT2D eigenvalue weighted by molar-refractivity contribution is -0.121. The Morgan fingerprint density at radius 2 is 1.84 bits per heavy atom. The van der Waals surface area contributed by atoms with E-state index in [2.05, 4.69) is 14.9 Å². The van der Waals surface area contributed by atoms with E-state index in [1.807, 2.05) is 49.4 Å². The summed E-state index contributed by atoms with van der Waals surface area (Å²) in [7, 11) is 0. The fraction of sp³-hybridized carbons (Fsp3) is 0.263. The van der Waals surface area contributed by atoms with Gasteiger partial charge in [-0.05, 0) is 30.7 Å². The van der Waals surface area contributed by atoms with Gasteiger partial charge in [-0.15, -0.1) is 0 Å². The molecule has 0 saturated carbocycles. The van der Waals surface area contributed by atoms with E-state index >= 15 is 0 Å². The van der Waals surface area contributed by atoms with Gasteiger partial charge in [0.2, 0.25) is 5.91 Å². The van der Waals surface area contributed by atoms with Gasteiger partial charge in [-0.25, -0.2) is 4.98 Å². The molecule has 0 bridgehead atoms. The molecule has 4 nitrogen and oxygen atoms in total. The molecule has 1 heterocycles. The highest BCUT2D eigenvalue weighted by molar-refractivity contribution is 6.36. The molecule has 1 N–H and O–H groups in total. The van der Waals surface area contributed by atoms with Crippen molar-refractivity contribution in [1.29, 1.82) is 0 Å². The Bertz CT molecular complexity index is 885. The first-order valence-corrected chi connectivity index (χ1v) is 8.99. The number of rotatable bonds is 6. The molecule has 3 aromatic rings. The molecule has 0 aliphatic heterocycles. The zero-order valence-electron chi connectivity index (χ0n) is 13.9. The van der Waals surface area contributed by atoms with Gasteiger partial charge in [-0.1, -0.05) is 48.3 Å². The summed E-state index contributed by atoms with van der Waals surface area (Å²) in [5.41, 5.74) is 2.71. The normalized spacial score (nSPS) is 11.0. The second kappa shape index (κ2) is 7.89. The number of carbonyl (C=O) groups is 1. The van der Waals surface area contributed by atoms with Gasteiger partial charge < -0.3 is 9.88 Å². The molecule has 3 rings (SSSR count). The van der Waals surface area contributed by atoms with E-state index in [1.54, 1.807) is 0 Å². The molecule has 0 aliphatic rings. The maximum atomic E-state index is 11.8. The minimum absolute atomic E-state index is 0.0249. The zero-order valence-corrected chi connectivity index (χ0v) is 15.4. The number of hydrogen-bond donors (Lipinski definition) is 1. The number of fused-ring (bicyclic) bond motifs is 1. The molecule has 0 radical (unpaired) electrons. The third kappa shape index (κ3) is 3.97. The first-order valence-electron chi connectivity index (χ1n) is 8.24. The highest BCUT2D eigenvalue weighted by Crippen LogP contribution is 2.27. The zero-order chi connectivity index (χ0) is 17.8. The minimum Gasteiger partial charge on any atom is -0.349 e. The maximum absolute atomic E-state index is 11.8. The SMILES string of the molecule is CCCC(=O)NCc1nc2ccccc2n1Cc1c(Cl)cccc1Cl. The Labute approximate surface area is 156 Å². The lowest BCUT2D eigenvalue weighted by atomic mass is 10.2. The van der Waals surface area contributed by atoms with Crippen LogP contribution in [0.2, 0.25) is 10.0 Å². The Morgan fingerprint density at radius 1 is 1.12 bits per heavy atom. The van der Waals surface area contributed by atoms with Gasteiger partial charge in [0.25, 0.3) is 0 Å². The molecule has 25 heavy (non-hydrogen) atoms. The highest BCUT2D eigenvalue weighted by atomic mass is 35.5. The monoisotopic (exact) mass is 375 g/mol. The molecule has 1 aromatic heterocycles. The molecular formula is C19H19Cl2N3O. The first-order chi connectivity index (χ1) is 12.1. The van der Waals surface area contributed by atoms with Crippen molar-refractivity contribution in [3.05, 3.63) is 63.9 Å². The standard InChI is InChI=1S/C19H19Cl2N3O/c1-2-6-19(25)22-11-18-23-16-9-3-4-10-17(16)24(18)12-13-14(20)7-5-8-15(13)21/h3-5,7-10H,2,6,11-12H2,1H3,(H,22,25). The summed E-state index contributed by atoms with van der Waals surface area (Å²) in [5.74, 6) is 0.804. The smallest absolute Gasteiger partial charge is 0.220 e. The molecule has 1 amide bonds. The summed E-state index contributed by atoms with van der Waals surface area (Å²) in [6.45, 7) is 2.85. The topological polar surface area (TPSA) is 46.9 Å². The Hall–Kier alpha value is -2.04. The fourth-order valence-corrected chi connectivity index (χ4v) is 3.29. The third-order valence-electron chi connectivity index (χ3n) is 4.03. The number of aromatic nitrogens is 2. The van der Waals surface area contributed by atoms with Crippen LogP contribution >= 0.6 is 23.2 Å². The van der Waals surface area contributed by atoms with Crippen LogP contribution in [0.1, 0.15) is 31.2 Å². The van der Waals surface area contributed by atoms with Crippen LogP contribution in [-0.2, 0) is 17.9 Å². The molecule has 2 aromatic carbocycles. The highest BCUT2D eigenvalue weighted by Gasteiger charge is 2.14. The number of amides is 1. The maximum Gasteiger partial charge on any atom is 0.220 e. The molecule has 0 spiro atoms. The number of nitrogens with zero attached hydrogens (tertiary/aromatic N) is 2. The van der Waals surface area contributed by atoms with Crippen LogP contribution in [0.4, 0.5) is 0 Å². The van der Waals surface area contributed by atoms with E-state index in [0.717, 1.165) is 28.8 Å². The summed E-state index contributed by atoms with van der Waals surface area (Å²) in [6.07, 6.45) is 1.33. The van der Waals surface area contributed by atoms with E-state index in [9.17, 15) is 4.79 Å². The van der Waals surface area contributed by atoms with Gasteiger partial charge in [0.15, 0.2) is 0 Å². The largest absolute Gasteiger partial charge is 0.349 e. The predicted octanol–water partition coefficient (Wildman–Crippen LogP) is 4.81. The van der Waals surface area contributed by atoms with Crippen molar-refractivity contribution in [3.63, 3.8) is 0 Å². The van der Waals surface area contributed by atoms with Gasteiger partial charge in [0.1, 0.15) is 5.82 Å². The summed E-state index contributed by atoms with van der Waals surface area (Å²) in [5, 5.41) is 4.16. The van der Waals surface area contributed by atoms with Crippen molar-refractivity contribution in [2.45, 2.75) is 32.9 Å². The average Bonchev–Trinajstić information content (AvgIpc) is 2.94. The minimum atomic E-state index is 0.0249. The number of hydrogen-bond acceptors (Lipinski definition) is 2. The lowest BCUT2D eigenvalue weighted by Gasteiger charge is -2.12. The van der Waals surface area contributed by atoms with Crippen LogP contribution in [0.5, 0.6) is 0 Å². The van der Waals surface area contributed by atoms with Crippen LogP contribution in [0.15, 0.2) is 42.5 Å². The van der Waals surface area contributed by atoms with E-state index in [4.69, 9.17) is 23.2 Å². The Kier molecular flexibility index (Phi) is 5.61. The predicted molar refractivity (Wildman–Crippen MR) is 102 cm³/mol. The number of nitrogens with one attached hydrogen (secondary N) is 1. The summed E-state index contributed by atoms with van der Waals surface area (Å²) in [4.78, 5) is 16.5. The molecule has 130 valence electrons. The molecule has 0 fully saturated rings. The number of carbonyl (C=O) groups excluding carboxylic acids is 1. The van der Waals surface area contributed by atoms with Crippen LogP contribution in [0.25, 0.3) is 11.0 Å². The second-order valence-corrected chi connectivity index (χ2v) is 6.64. The van der Waals surface area contributed by atoms with Gasteiger partial charge in [0, 0.05) is 22.0 Å². The molecule has 0 atom stereocenters. The Balaban J connectivity index is 1.97. The van der Waals surface area contributed by atoms with Gasteiger partial charge in [-0.2, -0.15) is 0 Å². The fourth-order valence-electron chi connectivity index (χ4n) is 2.77.